The summed E-state index contributed by atoms with van der Waals surface area (Å²) in [5, 5.41) is 0. The van der Waals surface area contributed by atoms with Crippen molar-refractivity contribution in [1.29, 1.82) is 0 Å². The number of hydrogen-bond acceptors (Lipinski definition) is 3. The maximum atomic E-state index is 6.61. The van der Waals surface area contributed by atoms with E-state index in [0.717, 1.165) is 19.3 Å². The fourth-order valence-corrected chi connectivity index (χ4v) is 5.78. The Balaban J connectivity index is 0.00000208. The van der Waals surface area contributed by atoms with E-state index < -0.39 is 0 Å². The van der Waals surface area contributed by atoms with Gasteiger partial charge >= 0.3 is 0 Å². The molecule has 3 heteroatoms. The molecule has 0 radical (unpaired) electrons. The molecular formula is C20H34O2S. The Morgan fingerprint density at radius 1 is 1.52 bits per heavy atom. The lowest BCUT2D eigenvalue weighted by atomic mass is 9.79. The summed E-state index contributed by atoms with van der Waals surface area (Å²) in [5.74, 6) is 4.10. The second-order valence-corrected chi connectivity index (χ2v) is 9.15. The molecular weight excluding hydrogens is 304 g/mol. The molecule has 2 nitrogen and oxygen atoms in total. The van der Waals surface area contributed by atoms with Gasteiger partial charge in [0.05, 0.1) is 23.4 Å². The highest BCUT2D eigenvalue weighted by Gasteiger charge is 2.52. The normalized spacial score (nSPS) is 38.3. The van der Waals surface area contributed by atoms with Gasteiger partial charge in [0.25, 0.3) is 0 Å². The highest BCUT2D eigenvalue weighted by Crippen LogP contribution is 2.50. The van der Waals surface area contributed by atoms with E-state index in [1.165, 1.54) is 11.5 Å². The van der Waals surface area contributed by atoms with E-state index in [1.54, 1.807) is 0 Å². The highest BCUT2D eigenvalue weighted by molar-refractivity contribution is 7.99. The van der Waals surface area contributed by atoms with E-state index in [-0.39, 0.29) is 18.7 Å². The SMILES string of the molecule is C=C[C@]12CCSCC1C(C)[C@@H](CC(CC)OC(C)(C)C1C=C1)O2.[HH]. The number of thioether (sulfide) groups is 1. The summed E-state index contributed by atoms with van der Waals surface area (Å²) >= 11 is 2.07. The number of rotatable bonds is 7. The van der Waals surface area contributed by atoms with Gasteiger partial charge < -0.3 is 9.47 Å². The van der Waals surface area contributed by atoms with Crippen molar-refractivity contribution in [3.05, 3.63) is 24.8 Å². The summed E-state index contributed by atoms with van der Waals surface area (Å²) in [6.45, 7) is 13.1. The smallest absolute Gasteiger partial charge is 0.0911 e. The Hall–Kier alpha value is -0.250. The van der Waals surface area contributed by atoms with Crippen LogP contribution in [0.2, 0.25) is 0 Å². The Bertz CT molecular complexity index is 472. The molecule has 5 atom stereocenters. The van der Waals surface area contributed by atoms with Crippen molar-refractivity contribution in [2.24, 2.45) is 17.8 Å². The molecule has 0 spiro atoms. The van der Waals surface area contributed by atoms with E-state index in [1.807, 2.05) is 0 Å². The molecule has 0 saturated carbocycles. The molecule has 132 valence electrons. The van der Waals surface area contributed by atoms with Gasteiger partial charge in [-0.15, -0.1) is 6.58 Å². The van der Waals surface area contributed by atoms with Gasteiger partial charge in [0.15, 0.2) is 0 Å². The molecule has 0 N–H and O–H groups in total. The first-order valence-electron chi connectivity index (χ1n) is 9.17. The predicted octanol–water partition coefficient (Wildman–Crippen LogP) is 5.10. The third-order valence-electron chi connectivity index (χ3n) is 6.11. The molecule has 0 aromatic carbocycles. The first kappa shape index (κ1) is 17.6. The maximum Gasteiger partial charge on any atom is 0.0911 e. The van der Waals surface area contributed by atoms with Crippen LogP contribution < -0.4 is 0 Å². The average Bonchev–Trinajstić information content (AvgIpc) is 3.35. The van der Waals surface area contributed by atoms with Crippen molar-refractivity contribution in [2.45, 2.75) is 70.4 Å². The molecule has 3 rings (SSSR count). The monoisotopic (exact) mass is 338 g/mol. The Morgan fingerprint density at radius 3 is 2.83 bits per heavy atom. The molecule has 2 saturated heterocycles. The Labute approximate surface area is 147 Å². The lowest BCUT2D eigenvalue weighted by Crippen LogP contribution is -2.39. The summed E-state index contributed by atoms with van der Waals surface area (Å²) in [6.07, 6.45) is 10.3. The molecule has 2 aliphatic heterocycles. The maximum absolute atomic E-state index is 6.61. The molecule has 0 aromatic heterocycles. The van der Waals surface area contributed by atoms with E-state index in [0.29, 0.717) is 23.9 Å². The zero-order valence-corrected chi connectivity index (χ0v) is 15.9. The minimum atomic E-state index is -0.0822. The summed E-state index contributed by atoms with van der Waals surface area (Å²) < 4.78 is 13.1. The van der Waals surface area contributed by atoms with Crippen molar-refractivity contribution < 1.29 is 10.9 Å². The van der Waals surface area contributed by atoms with Gasteiger partial charge in [-0.3, -0.25) is 0 Å². The second-order valence-electron chi connectivity index (χ2n) is 8.00. The van der Waals surface area contributed by atoms with Crippen molar-refractivity contribution in [1.82, 2.24) is 0 Å². The van der Waals surface area contributed by atoms with Crippen molar-refractivity contribution in [3.8, 4) is 0 Å². The number of hydrogen-bond donors (Lipinski definition) is 0. The topological polar surface area (TPSA) is 18.5 Å². The molecule has 3 aliphatic rings. The Kier molecular flexibility index (Phi) is 5.02. The highest BCUT2D eigenvalue weighted by atomic mass is 32.2. The van der Waals surface area contributed by atoms with E-state index >= 15 is 0 Å². The quantitative estimate of drug-likeness (QED) is 0.602. The fraction of sp³-hybridized carbons (Fsp3) is 0.800. The van der Waals surface area contributed by atoms with Crippen LogP contribution in [-0.2, 0) is 9.47 Å². The van der Waals surface area contributed by atoms with E-state index in [4.69, 9.17) is 9.47 Å². The summed E-state index contributed by atoms with van der Waals surface area (Å²) in [5.41, 5.74) is -0.164. The number of ether oxygens (including phenoxy) is 2. The molecule has 0 amide bonds. The molecule has 23 heavy (non-hydrogen) atoms. The molecule has 2 fully saturated rings. The van der Waals surface area contributed by atoms with Crippen LogP contribution in [0.4, 0.5) is 0 Å². The van der Waals surface area contributed by atoms with Gasteiger partial charge in [0.2, 0.25) is 0 Å². The molecule has 3 unspecified atom stereocenters. The summed E-state index contributed by atoms with van der Waals surface area (Å²) in [6, 6.07) is 0. The number of fused-ring (bicyclic) bond motifs is 1. The molecule has 0 aromatic rings. The lowest BCUT2D eigenvalue weighted by molar-refractivity contribution is -0.110. The Morgan fingerprint density at radius 2 is 2.26 bits per heavy atom. The lowest BCUT2D eigenvalue weighted by Gasteiger charge is -2.36. The van der Waals surface area contributed by atoms with Gasteiger partial charge in [0, 0.05) is 19.7 Å². The van der Waals surface area contributed by atoms with Crippen LogP contribution in [-0.4, -0.2) is 34.9 Å². The fourth-order valence-electron chi connectivity index (χ4n) is 4.31. The first-order chi connectivity index (χ1) is 10.9. The van der Waals surface area contributed by atoms with Gasteiger partial charge in [-0.2, -0.15) is 11.8 Å². The summed E-state index contributed by atoms with van der Waals surface area (Å²) in [7, 11) is 0. The second kappa shape index (κ2) is 6.57. The van der Waals surface area contributed by atoms with Crippen LogP contribution in [0.15, 0.2) is 24.8 Å². The van der Waals surface area contributed by atoms with Gasteiger partial charge in [-0.1, -0.05) is 32.1 Å². The predicted molar refractivity (Wildman–Crippen MR) is 101 cm³/mol. The van der Waals surface area contributed by atoms with Gasteiger partial charge in [-0.05, 0) is 44.1 Å². The molecule has 1 aliphatic carbocycles. The zero-order chi connectivity index (χ0) is 16.7. The van der Waals surface area contributed by atoms with Crippen molar-refractivity contribution in [2.75, 3.05) is 11.5 Å². The largest absolute Gasteiger partial charge is 0.371 e. The van der Waals surface area contributed by atoms with Crippen LogP contribution in [0.1, 0.15) is 48.4 Å². The van der Waals surface area contributed by atoms with Crippen LogP contribution in [0.25, 0.3) is 0 Å². The molecule has 2 heterocycles. The third-order valence-corrected chi connectivity index (χ3v) is 7.20. The minimum absolute atomic E-state index is 0. The summed E-state index contributed by atoms with van der Waals surface area (Å²) in [4.78, 5) is 0. The van der Waals surface area contributed by atoms with E-state index in [2.05, 4.69) is 64.3 Å². The van der Waals surface area contributed by atoms with E-state index in [9.17, 15) is 0 Å². The van der Waals surface area contributed by atoms with Crippen LogP contribution >= 0.6 is 11.8 Å². The zero-order valence-electron chi connectivity index (χ0n) is 15.1. The van der Waals surface area contributed by atoms with Gasteiger partial charge in [-0.25, -0.2) is 0 Å². The standard InChI is InChI=1S/C20H32O2S.H2/c1-6-16(21-19(4,5)15-8-9-15)12-18-14(3)17-13-23-11-10-20(17,7-2)22-18;/h7-9,14-18H,2,6,10-13H2,1,3-5H3;1H/t14?,16?,17?,18-,20+;/m1./s1. The molecule has 0 bridgehead atoms. The third kappa shape index (κ3) is 3.43. The van der Waals surface area contributed by atoms with Crippen LogP contribution in [0.5, 0.6) is 0 Å². The average molecular weight is 339 g/mol. The van der Waals surface area contributed by atoms with Crippen LogP contribution in [0.3, 0.4) is 0 Å². The van der Waals surface area contributed by atoms with Crippen LogP contribution in [0, 0.1) is 17.8 Å². The first-order valence-corrected chi connectivity index (χ1v) is 10.3. The van der Waals surface area contributed by atoms with Crippen molar-refractivity contribution in [3.63, 3.8) is 0 Å². The van der Waals surface area contributed by atoms with Crippen molar-refractivity contribution >= 4 is 11.8 Å². The minimum Gasteiger partial charge on any atom is -0.371 e. The van der Waals surface area contributed by atoms with Gasteiger partial charge in [0.1, 0.15) is 0 Å².